The van der Waals surface area contributed by atoms with Crippen LogP contribution in [-0.4, -0.2) is 50.7 Å². The van der Waals surface area contributed by atoms with Crippen LogP contribution in [0.2, 0.25) is 0 Å². The van der Waals surface area contributed by atoms with Crippen molar-refractivity contribution in [3.05, 3.63) is 12.3 Å². The number of rotatable bonds is 31. The van der Waals surface area contributed by atoms with E-state index in [0.29, 0.717) is 6.42 Å². The molecule has 2 N–H and O–H groups in total. The highest BCUT2D eigenvalue weighted by Gasteiger charge is 2.53. The second-order valence-electron chi connectivity index (χ2n) is 12.6. The molecule has 0 heterocycles. The summed E-state index contributed by atoms with van der Waals surface area (Å²) in [5.41, 5.74) is 0. The summed E-state index contributed by atoms with van der Waals surface area (Å²) in [4.78, 5) is 36.6. The van der Waals surface area contributed by atoms with Crippen LogP contribution in [0.5, 0.6) is 0 Å². The lowest BCUT2D eigenvalue weighted by Gasteiger charge is -2.48. The summed E-state index contributed by atoms with van der Waals surface area (Å²) in [7, 11) is 0. The monoisotopic (exact) mass is 609 g/mol. The summed E-state index contributed by atoms with van der Waals surface area (Å²) in [5.74, 6) is -3.79. The third-order valence-electron chi connectivity index (χ3n) is 9.21. The number of unbranched alkanes of at least 4 members (excludes halogenated alkanes) is 20. The Balaban J connectivity index is 4.36. The Bertz CT molecular complexity index is 697. The minimum atomic E-state index is -1.41. The van der Waals surface area contributed by atoms with Gasteiger partial charge in [0.2, 0.25) is 0 Å². The molecular formula is C36H67NO6. The first-order valence-electron chi connectivity index (χ1n) is 18.0. The standard InChI is InChI=1S/C36H67NO6/c1-5-9-10-11-12-13-14-15-16-17-18-19-20-21-22-23-24-25-26-27-28-29-30-37(31(6-2)34(38)39,32(7-3)35(40)41)33(8-4)36(42)43/h29-33H,5-28H2,1-4H3,(H2-,38,39,40,41,42,43)/b30-29+. The zero-order valence-electron chi connectivity index (χ0n) is 28.3. The lowest BCUT2D eigenvalue weighted by atomic mass is 9.95. The van der Waals surface area contributed by atoms with Crippen LogP contribution < -0.4 is 5.11 Å². The van der Waals surface area contributed by atoms with Crippen LogP contribution in [0.4, 0.5) is 0 Å². The van der Waals surface area contributed by atoms with Crippen LogP contribution in [-0.2, 0) is 14.4 Å². The van der Waals surface area contributed by atoms with Gasteiger partial charge in [0.1, 0.15) is 6.04 Å². The van der Waals surface area contributed by atoms with Crippen LogP contribution in [0.3, 0.4) is 0 Å². The van der Waals surface area contributed by atoms with Crippen molar-refractivity contribution >= 4 is 17.9 Å². The van der Waals surface area contributed by atoms with Gasteiger partial charge < -0.3 is 20.1 Å². The molecule has 252 valence electrons. The second kappa shape index (κ2) is 26.5. The van der Waals surface area contributed by atoms with Crippen molar-refractivity contribution in [3.8, 4) is 0 Å². The molecule has 3 unspecified atom stereocenters. The van der Waals surface area contributed by atoms with Gasteiger partial charge in [0.05, 0.1) is 12.2 Å². The summed E-state index contributed by atoms with van der Waals surface area (Å²) in [6.07, 6.45) is 30.6. The van der Waals surface area contributed by atoms with E-state index in [1.807, 2.05) is 0 Å². The Morgan fingerprint density at radius 1 is 0.535 bits per heavy atom. The highest BCUT2D eigenvalue weighted by atomic mass is 16.4. The fraction of sp³-hybridized carbons (Fsp3) is 0.861. The minimum absolute atomic E-state index is 0.0829. The van der Waals surface area contributed by atoms with Crippen molar-refractivity contribution in [2.24, 2.45) is 0 Å². The Kier molecular flexibility index (Phi) is 25.3. The number of hydrogen-bond acceptors (Lipinski definition) is 4. The summed E-state index contributed by atoms with van der Waals surface area (Å²) >= 11 is 0. The third kappa shape index (κ3) is 16.7. The van der Waals surface area contributed by atoms with Gasteiger partial charge >= 0.3 is 11.9 Å². The number of hydrogen-bond donors (Lipinski definition) is 2. The molecule has 0 spiro atoms. The molecule has 0 radical (unpaired) electrons. The van der Waals surface area contributed by atoms with Crippen molar-refractivity contribution in [3.63, 3.8) is 0 Å². The maximum Gasteiger partial charge on any atom is 0.362 e. The molecule has 43 heavy (non-hydrogen) atoms. The van der Waals surface area contributed by atoms with E-state index in [2.05, 4.69) is 6.92 Å². The Morgan fingerprint density at radius 2 is 0.837 bits per heavy atom. The van der Waals surface area contributed by atoms with E-state index >= 15 is 0 Å². The van der Waals surface area contributed by atoms with Gasteiger partial charge in [0.25, 0.3) is 0 Å². The Morgan fingerprint density at radius 3 is 1.09 bits per heavy atom. The molecule has 0 aliphatic carbocycles. The molecule has 0 aromatic heterocycles. The van der Waals surface area contributed by atoms with E-state index in [-0.39, 0.29) is 19.3 Å². The van der Waals surface area contributed by atoms with Crippen molar-refractivity contribution < 1.29 is 34.2 Å². The van der Waals surface area contributed by atoms with Crippen LogP contribution in [0.15, 0.2) is 12.3 Å². The maximum absolute atomic E-state index is 12.2. The summed E-state index contributed by atoms with van der Waals surface area (Å²) in [6.45, 7) is 7.24. The third-order valence-corrected chi connectivity index (χ3v) is 9.21. The van der Waals surface area contributed by atoms with Crippen molar-refractivity contribution in [2.75, 3.05) is 0 Å². The first-order valence-corrected chi connectivity index (χ1v) is 18.0. The van der Waals surface area contributed by atoms with Gasteiger partial charge in [-0.25, -0.2) is 9.59 Å². The second-order valence-corrected chi connectivity index (χ2v) is 12.6. The average molecular weight is 610 g/mol. The molecule has 0 aromatic carbocycles. The number of allylic oxidation sites excluding steroid dienone is 1. The first kappa shape index (κ1) is 41.1. The van der Waals surface area contributed by atoms with Crippen molar-refractivity contribution in [1.29, 1.82) is 0 Å². The number of carboxylic acid groups (broad SMARTS) is 3. The summed E-state index contributed by atoms with van der Waals surface area (Å²) in [6, 6.07) is -3.63. The minimum Gasteiger partial charge on any atom is -0.544 e. The SMILES string of the molecule is CCCCCCCCCCCCCCCCCCCCCC/C=C/[N+](C(CC)C(=O)[O-])(C(CC)C(=O)O)C(CC)C(=O)O. The number of nitrogens with zero attached hydrogens (tertiary/aromatic N) is 1. The van der Waals surface area contributed by atoms with Gasteiger partial charge in [-0.2, -0.15) is 0 Å². The molecule has 0 aromatic rings. The molecule has 7 heteroatoms. The molecule has 0 saturated carbocycles. The van der Waals surface area contributed by atoms with E-state index in [0.717, 1.165) is 19.3 Å². The molecule has 0 aliphatic rings. The van der Waals surface area contributed by atoms with E-state index in [1.165, 1.54) is 109 Å². The van der Waals surface area contributed by atoms with E-state index in [9.17, 15) is 29.7 Å². The van der Waals surface area contributed by atoms with Crippen LogP contribution in [0, 0.1) is 0 Å². The average Bonchev–Trinajstić information content (AvgIpc) is 2.96. The number of carbonyl (C=O) groups is 3. The predicted octanol–water partition coefficient (Wildman–Crippen LogP) is 8.78. The lowest BCUT2D eigenvalue weighted by Crippen LogP contribution is -2.70. The molecule has 0 rings (SSSR count). The van der Waals surface area contributed by atoms with Crippen LogP contribution in [0.25, 0.3) is 0 Å². The molecule has 0 aliphatic heterocycles. The van der Waals surface area contributed by atoms with Gasteiger partial charge in [0.15, 0.2) is 12.1 Å². The maximum atomic E-state index is 12.2. The fourth-order valence-corrected chi connectivity index (χ4v) is 6.77. The molecule has 0 fully saturated rings. The topological polar surface area (TPSA) is 115 Å². The highest BCUT2D eigenvalue weighted by molar-refractivity contribution is 5.77. The predicted molar refractivity (Wildman–Crippen MR) is 175 cm³/mol. The van der Waals surface area contributed by atoms with Gasteiger partial charge in [-0.05, 0) is 18.9 Å². The molecular weight excluding hydrogens is 542 g/mol. The smallest absolute Gasteiger partial charge is 0.362 e. The zero-order valence-corrected chi connectivity index (χ0v) is 28.3. The number of quaternary nitrogens is 1. The van der Waals surface area contributed by atoms with Crippen molar-refractivity contribution in [2.45, 2.75) is 200 Å². The molecule has 3 atom stereocenters. The Labute approximate surface area is 264 Å². The normalized spacial score (nSPS) is 15.3. The van der Waals surface area contributed by atoms with E-state index < -0.39 is 40.5 Å². The van der Waals surface area contributed by atoms with Gasteiger partial charge in [0, 0.05) is 19.3 Å². The number of carbonyl (C=O) groups excluding carboxylic acids is 1. The molecule has 0 saturated heterocycles. The Hall–Kier alpha value is -1.89. The van der Waals surface area contributed by atoms with Gasteiger partial charge in [-0.1, -0.05) is 150 Å². The van der Waals surface area contributed by atoms with Gasteiger partial charge in [-0.3, -0.25) is 4.48 Å². The fourth-order valence-electron chi connectivity index (χ4n) is 6.77. The van der Waals surface area contributed by atoms with Crippen LogP contribution >= 0.6 is 0 Å². The highest BCUT2D eigenvalue weighted by Crippen LogP contribution is 2.32. The van der Waals surface area contributed by atoms with Crippen LogP contribution in [0.1, 0.15) is 182 Å². The van der Waals surface area contributed by atoms with E-state index in [1.54, 1.807) is 33.0 Å². The first-order chi connectivity index (χ1) is 20.7. The van der Waals surface area contributed by atoms with Gasteiger partial charge in [-0.15, -0.1) is 0 Å². The van der Waals surface area contributed by atoms with Crippen molar-refractivity contribution in [1.82, 2.24) is 0 Å². The van der Waals surface area contributed by atoms with E-state index in [4.69, 9.17) is 0 Å². The molecule has 0 bridgehead atoms. The quantitative estimate of drug-likeness (QED) is 0.0600. The lowest BCUT2D eigenvalue weighted by molar-refractivity contribution is -0.929. The summed E-state index contributed by atoms with van der Waals surface area (Å²) in [5, 5.41) is 32.1. The molecule has 0 amide bonds. The zero-order chi connectivity index (χ0) is 32.3. The largest absolute Gasteiger partial charge is 0.544 e. The number of aliphatic carboxylic acids is 3. The summed E-state index contributed by atoms with van der Waals surface area (Å²) < 4.78 is -0.643. The number of carboxylic acids is 3. The molecule has 7 nitrogen and oxygen atoms in total.